The first kappa shape index (κ1) is 26.9. The number of imidazole rings is 1. The fraction of sp³-hybridized carbons (Fsp3) is 0.500. The highest BCUT2D eigenvalue weighted by Gasteiger charge is 2.37. The number of ether oxygens (including phenoxy) is 1. The molecule has 0 bridgehead atoms. The highest BCUT2D eigenvalue weighted by atomic mass is 35.5. The van der Waals surface area contributed by atoms with E-state index in [4.69, 9.17) is 16.3 Å². The van der Waals surface area contributed by atoms with Crippen LogP contribution in [0.2, 0.25) is 5.02 Å². The number of halogens is 2. The van der Waals surface area contributed by atoms with Gasteiger partial charge in [0.2, 0.25) is 10.0 Å². The number of carbonyl (C=O) groups is 2. The lowest BCUT2D eigenvalue weighted by Gasteiger charge is -2.24. The first-order valence-electron chi connectivity index (χ1n) is 10.9. The molecule has 2 N–H and O–H groups in total. The van der Waals surface area contributed by atoms with Crippen LogP contribution in [0.25, 0.3) is 11.3 Å². The molecule has 1 saturated heterocycles. The molecule has 1 aromatic heterocycles. The van der Waals surface area contributed by atoms with Crippen molar-refractivity contribution in [3.05, 3.63) is 41.1 Å². The molecular formula is C22H29ClFN5O5S. The van der Waals surface area contributed by atoms with Crippen molar-refractivity contribution in [2.75, 3.05) is 18.8 Å². The molecule has 0 unspecified atom stereocenters. The van der Waals surface area contributed by atoms with Gasteiger partial charge in [-0.1, -0.05) is 18.5 Å². The van der Waals surface area contributed by atoms with Crippen LogP contribution in [0.5, 0.6) is 0 Å². The average Bonchev–Trinajstić information content (AvgIpc) is 3.32. The summed E-state index contributed by atoms with van der Waals surface area (Å²) in [7, 11) is -2.25. The van der Waals surface area contributed by atoms with Crippen LogP contribution in [0.15, 0.2) is 24.7 Å². The number of benzene rings is 1. The Balaban J connectivity index is 1.65. The van der Waals surface area contributed by atoms with E-state index in [1.54, 1.807) is 38.6 Å². The predicted molar refractivity (Wildman–Crippen MR) is 128 cm³/mol. The van der Waals surface area contributed by atoms with Crippen LogP contribution in [0.3, 0.4) is 0 Å². The van der Waals surface area contributed by atoms with E-state index in [2.05, 4.69) is 4.98 Å². The van der Waals surface area contributed by atoms with Crippen molar-refractivity contribution >= 4 is 33.6 Å². The average molecular weight is 530 g/mol. The summed E-state index contributed by atoms with van der Waals surface area (Å²) in [4.78, 5) is 32.5. The minimum atomic E-state index is -4.00. The van der Waals surface area contributed by atoms with Crippen molar-refractivity contribution in [1.82, 2.24) is 24.7 Å². The van der Waals surface area contributed by atoms with Gasteiger partial charge in [0.1, 0.15) is 5.60 Å². The molecule has 0 saturated carbocycles. The number of rotatable bonds is 6. The van der Waals surface area contributed by atoms with E-state index >= 15 is 0 Å². The molecular weight excluding hydrogens is 501 g/mol. The highest BCUT2D eigenvalue weighted by Crippen LogP contribution is 2.28. The Hall–Kier alpha value is -2.70. The Kier molecular flexibility index (Phi) is 7.77. The summed E-state index contributed by atoms with van der Waals surface area (Å²) in [6.07, 6.45) is 2.69. The van der Waals surface area contributed by atoms with Gasteiger partial charge in [0, 0.05) is 31.9 Å². The Labute approximate surface area is 208 Å². The van der Waals surface area contributed by atoms with Gasteiger partial charge in [0.25, 0.3) is 5.91 Å². The molecule has 2 aromatic rings. The summed E-state index contributed by atoms with van der Waals surface area (Å²) in [5, 5.41) is -0.303. The van der Waals surface area contributed by atoms with Crippen molar-refractivity contribution in [2.24, 2.45) is 18.9 Å². The molecule has 3 rings (SSSR count). The zero-order chi connectivity index (χ0) is 26.1. The van der Waals surface area contributed by atoms with Gasteiger partial charge in [-0.2, -0.15) is 0 Å². The van der Waals surface area contributed by atoms with E-state index in [1.807, 2.05) is 17.2 Å². The lowest BCUT2D eigenvalue weighted by molar-refractivity contribution is 0.0285. The zero-order valence-electron chi connectivity index (χ0n) is 20.1. The standard InChI is InChI=1S/C22H29ClFN5O5S/c1-13-8-29(21(31)34-22(2,3)4)9-15(13)11-35(32,33)27-26-20(30)16-6-14(7-17(23)19(16)24)18-10-28(5)12-25-18/h6-7,10,12-13,15,27H,8-9,11H2,1-5H3,(H,26,30)/t13-,15+/m1/s1. The number of amides is 2. The maximum atomic E-state index is 14.5. The molecule has 1 aromatic carbocycles. The maximum Gasteiger partial charge on any atom is 0.410 e. The van der Waals surface area contributed by atoms with Crippen molar-refractivity contribution < 1.29 is 27.1 Å². The number of aryl methyl sites for hydroxylation is 1. The summed E-state index contributed by atoms with van der Waals surface area (Å²) in [5.41, 5.74) is 1.80. The first-order valence-corrected chi connectivity index (χ1v) is 12.9. The van der Waals surface area contributed by atoms with Gasteiger partial charge in [0.15, 0.2) is 5.82 Å². The van der Waals surface area contributed by atoms with Gasteiger partial charge < -0.3 is 14.2 Å². The Morgan fingerprint density at radius 2 is 1.97 bits per heavy atom. The topological polar surface area (TPSA) is 123 Å². The van der Waals surface area contributed by atoms with Gasteiger partial charge in [-0.15, -0.1) is 4.83 Å². The Bertz CT molecular complexity index is 1230. The molecule has 0 radical (unpaired) electrons. The van der Waals surface area contributed by atoms with Crippen LogP contribution in [-0.4, -0.2) is 59.3 Å². The fourth-order valence-electron chi connectivity index (χ4n) is 3.71. The molecule has 35 heavy (non-hydrogen) atoms. The normalized spacial score (nSPS) is 18.5. The van der Waals surface area contributed by atoms with Crippen molar-refractivity contribution in [3.8, 4) is 11.3 Å². The quantitative estimate of drug-likeness (QED) is 0.555. The molecule has 1 aliphatic heterocycles. The SMILES string of the molecule is C[C@@H]1CN(C(=O)OC(C)(C)C)C[C@H]1CS(=O)(=O)NNC(=O)c1cc(-c2cn(C)cn2)cc(Cl)c1F. The number of nitrogens with one attached hydrogen (secondary N) is 2. The molecule has 192 valence electrons. The van der Waals surface area contributed by atoms with Crippen LogP contribution >= 0.6 is 11.6 Å². The number of carbonyl (C=O) groups excluding carboxylic acids is 2. The highest BCUT2D eigenvalue weighted by molar-refractivity contribution is 7.89. The Morgan fingerprint density at radius 1 is 1.29 bits per heavy atom. The number of hydrogen-bond acceptors (Lipinski definition) is 6. The van der Waals surface area contributed by atoms with Crippen LogP contribution < -0.4 is 10.3 Å². The summed E-state index contributed by atoms with van der Waals surface area (Å²) >= 11 is 5.95. The molecule has 10 nitrogen and oxygen atoms in total. The number of aromatic nitrogens is 2. The Morgan fingerprint density at radius 3 is 2.57 bits per heavy atom. The van der Waals surface area contributed by atoms with Crippen LogP contribution in [0.1, 0.15) is 38.1 Å². The van der Waals surface area contributed by atoms with E-state index in [0.717, 1.165) is 0 Å². The third-order valence-electron chi connectivity index (χ3n) is 5.45. The van der Waals surface area contributed by atoms with E-state index in [-0.39, 0.29) is 29.2 Å². The van der Waals surface area contributed by atoms with E-state index < -0.39 is 39.0 Å². The van der Waals surface area contributed by atoms with Gasteiger partial charge in [-0.25, -0.2) is 22.6 Å². The minimum Gasteiger partial charge on any atom is -0.444 e. The van der Waals surface area contributed by atoms with Crippen molar-refractivity contribution in [1.29, 1.82) is 0 Å². The third-order valence-corrected chi connectivity index (χ3v) is 7.00. The summed E-state index contributed by atoms with van der Waals surface area (Å²) in [5.74, 6) is -2.83. The van der Waals surface area contributed by atoms with Crippen molar-refractivity contribution in [2.45, 2.75) is 33.3 Å². The molecule has 2 atom stereocenters. The second kappa shape index (κ2) is 10.1. The largest absolute Gasteiger partial charge is 0.444 e. The molecule has 2 amide bonds. The monoisotopic (exact) mass is 529 g/mol. The lowest BCUT2D eigenvalue weighted by Crippen LogP contribution is -2.44. The van der Waals surface area contributed by atoms with Gasteiger partial charge in [-0.05, 0) is 44.7 Å². The molecule has 1 fully saturated rings. The van der Waals surface area contributed by atoms with Crippen LogP contribution in [-0.2, 0) is 21.8 Å². The van der Waals surface area contributed by atoms with Gasteiger partial charge in [0.05, 0.1) is 28.4 Å². The summed E-state index contributed by atoms with van der Waals surface area (Å²) in [6, 6.07) is 2.57. The zero-order valence-corrected chi connectivity index (χ0v) is 21.7. The predicted octanol–water partition coefficient (Wildman–Crippen LogP) is 2.95. The minimum absolute atomic E-state index is 0.110. The number of likely N-dealkylation sites (tertiary alicyclic amines) is 1. The molecule has 0 aliphatic carbocycles. The van der Waals surface area contributed by atoms with Crippen molar-refractivity contribution in [3.63, 3.8) is 0 Å². The number of hydrazine groups is 1. The summed E-state index contributed by atoms with van der Waals surface area (Å²) < 4.78 is 46.8. The summed E-state index contributed by atoms with van der Waals surface area (Å²) in [6.45, 7) is 7.64. The third kappa shape index (κ3) is 6.92. The molecule has 2 heterocycles. The second-order valence-electron chi connectivity index (χ2n) is 9.70. The molecule has 1 aliphatic rings. The number of sulfonamides is 1. The smallest absolute Gasteiger partial charge is 0.410 e. The lowest BCUT2D eigenvalue weighted by atomic mass is 10.0. The molecule has 13 heteroatoms. The number of nitrogens with zero attached hydrogens (tertiary/aromatic N) is 3. The number of hydrogen-bond donors (Lipinski definition) is 2. The van der Waals surface area contributed by atoms with Gasteiger partial charge >= 0.3 is 6.09 Å². The van der Waals surface area contributed by atoms with Crippen LogP contribution in [0, 0.1) is 17.7 Å². The van der Waals surface area contributed by atoms with Crippen LogP contribution in [0.4, 0.5) is 9.18 Å². The van der Waals surface area contributed by atoms with E-state index in [0.29, 0.717) is 17.8 Å². The van der Waals surface area contributed by atoms with E-state index in [1.165, 1.54) is 23.4 Å². The van der Waals surface area contributed by atoms with Gasteiger partial charge in [-0.3, -0.25) is 10.2 Å². The fourth-order valence-corrected chi connectivity index (χ4v) is 5.25. The first-order chi connectivity index (χ1) is 16.1. The maximum absolute atomic E-state index is 14.5. The molecule has 0 spiro atoms. The second-order valence-corrected chi connectivity index (χ2v) is 11.9. The van der Waals surface area contributed by atoms with E-state index in [9.17, 15) is 22.4 Å².